The van der Waals surface area contributed by atoms with Gasteiger partial charge in [-0.1, -0.05) is 19.8 Å². The molecule has 2 heterocycles. The molecule has 1 saturated heterocycles. The van der Waals surface area contributed by atoms with Gasteiger partial charge in [0.05, 0.1) is 10.9 Å². The van der Waals surface area contributed by atoms with Crippen molar-refractivity contribution in [3.8, 4) is 0 Å². The second-order valence-electron chi connectivity index (χ2n) is 6.55. The molecular formula is C18H23N3O2S. The van der Waals surface area contributed by atoms with Gasteiger partial charge in [0, 0.05) is 18.7 Å². The van der Waals surface area contributed by atoms with Crippen molar-refractivity contribution in [2.45, 2.75) is 39.0 Å². The Morgan fingerprint density at radius 2 is 2.12 bits per heavy atom. The molecule has 5 nitrogen and oxygen atoms in total. The number of likely N-dealkylation sites (tertiary alicyclic amines) is 1. The number of hydrogen-bond acceptors (Lipinski definition) is 3. The molecule has 1 aliphatic heterocycles. The highest BCUT2D eigenvalue weighted by Crippen LogP contribution is 2.23. The van der Waals surface area contributed by atoms with E-state index in [2.05, 4.69) is 16.9 Å². The number of rotatable bonds is 3. The molecule has 0 bridgehead atoms. The summed E-state index contributed by atoms with van der Waals surface area (Å²) >= 11 is 5.01. The topological polar surface area (TPSA) is 69.0 Å². The summed E-state index contributed by atoms with van der Waals surface area (Å²) in [7, 11) is 0. The summed E-state index contributed by atoms with van der Waals surface area (Å²) in [6.45, 7) is 3.84. The highest BCUT2D eigenvalue weighted by atomic mass is 32.1. The lowest BCUT2D eigenvalue weighted by atomic mass is 9.96. The average Bonchev–Trinajstić information content (AvgIpc) is 2.79. The molecule has 0 spiro atoms. The van der Waals surface area contributed by atoms with Crippen LogP contribution in [0.1, 0.15) is 49.4 Å². The number of H-pyrrole nitrogens is 2. The summed E-state index contributed by atoms with van der Waals surface area (Å²) < 4.78 is 0.272. The van der Waals surface area contributed by atoms with Gasteiger partial charge in [-0.05, 0) is 55.6 Å². The zero-order chi connectivity index (χ0) is 17.1. The molecule has 0 unspecified atom stereocenters. The molecule has 2 aromatic rings. The van der Waals surface area contributed by atoms with E-state index >= 15 is 0 Å². The van der Waals surface area contributed by atoms with E-state index in [0.29, 0.717) is 16.5 Å². The summed E-state index contributed by atoms with van der Waals surface area (Å²) in [5.41, 5.74) is 0.978. The van der Waals surface area contributed by atoms with Gasteiger partial charge in [-0.3, -0.25) is 14.6 Å². The molecule has 0 radical (unpaired) electrons. The molecule has 1 aromatic carbocycles. The van der Waals surface area contributed by atoms with Crippen LogP contribution >= 0.6 is 12.2 Å². The Bertz CT molecular complexity index is 855. The first-order chi connectivity index (χ1) is 11.6. The Morgan fingerprint density at radius 3 is 2.92 bits per heavy atom. The van der Waals surface area contributed by atoms with Crippen molar-refractivity contribution in [1.29, 1.82) is 0 Å². The minimum absolute atomic E-state index is 0.0358. The first kappa shape index (κ1) is 16.9. The van der Waals surface area contributed by atoms with E-state index < -0.39 is 0 Å². The number of amides is 1. The fraction of sp³-hybridized carbons (Fsp3) is 0.500. The number of nitrogens with zero attached hydrogens (tertiary/aromatic N) is 1. The minimum atomic E-state index is -0.232. The predicted molar refractivity (Wildman–Crippen MR) is 97.9 cm³/mol. The van der Waals surface area contributed by atoms with Gasteiger partial charge < -0.3 is 9.88 Å². The molecule has 1 atom stereocenters. The molecule has 0 aliphatic carbocycles. The van der Waals surface area contributed by atoms with Crippen LogP contribution in [0.15, 0.2) is 23.0 Å². The third-order valence-electron chi connectivity index (χ3n) is 4.82. The van der Waals surface area contributed by atoms with Gasteiger partial charge in [0.2, 0.25) is 0 Å². The molecule has 2 N–H and O–H groups in total. The van der Waals surface area contributed by atoms with Crippen molar-refractivity contribution in [2.24, 2.45) is 5.92 Å². The molecule has 0 saturated carbocycles. The molecule has 24 heavy (non-hydrogen) atoms. The molecule has 1 amide bonds. The summed E-state index contributed by atoms with van der Waals surface area (Å²) in [4.78, 5) is 32.2. The van der Waals surface area contributed by atoms with E-state index in [4.69, 9.17) is 12.2 Å². The molecular weight excluding hydrogens is 322 g/mol. The first-order valence-electron chi connectivity index (χ1n) is 8.64. The van der Waals surface area contributed by atoms with Crippen molar-refractivity contribution in [2.75, 3.05) is 13.1 Å². The number of hydrogen-bond donors (Lipinski definition) is 2. The Balaban J connectivity index is 1.83. The normalized spacial score (nSPS) is 18.5. The lowest BCUT2D eigenvalue weighted by Gasteiger charge is -2.21. The summed E-state index contributed by atoms with van der Waals surface area (Å²) in [6, 6.07) is 5.15. The molecule has 3 rings (SSSR count). The third-order valence-corrected chi connectivity index (χ3v) is 5.02. The Hall–Kier alpha value is -1.95. The predicted octanol–water partition coefficient (Wildman–Crippen LogP) is 3.63. The van der Waals surface area contributed by atoms with Crippen LogP contribution in [0.2, 0.25) is 0 Å². The standard InChI is InChI=1S/C18H23N3O2S/c1-2-4-12-5-3-9-21(10-8-12)17(23)13-6-7-14-15(11-13)19-18(24)20-16(14)22/h6-7,11-12H,2-5,8-10H2,1H3,(H2,19,20,22,24)/t12-/m1/s1. The van der Waals surface area contributed by atoms with Crippen molar-refractivity contribution in [3.05, 3.63) is 38.9 Å². The van der Waals surface area contributed by atoms with Gasteiger partial charge in [-0.25, -0.2) is 0 Å². The van der Waals surface area contributed by atoms with Crippen LogP contribution < -0.4 is 5.56 Å². The van der Waals surface area contributed by atoms with Crippen LogP contribution in [0.5, 0.6) is 0 Å². The zero-order valence-electron chi connectivity index (χ0n) is 13.9. The summed E-state index contributed by atoms with van der Waals surface area (Å²) in [5.74, 6) is 0.771. The highest BCUT2D eigenvalue weighted by Gasteiger charge is 2.21. The number of nitrogens with one attached hydrogen (secondary N) is 2. The zero-order valence-corrected chi connectivity index (χ0v) is 14.7. The highest BCUT2D eigenvalue weighted by molar-refractivity contribution is 7.71. The van der Waals surface area contributed by atoms with Gasteiger partial charge in [-0.15, -0.1) is 0 Å². The molecule has 1 aliphatic rings. The number of fused-ring (bicyclic) bond motifs is 1. The quantitative estimate of drug-likeness (QED) is 0.835. The van der Waals surface area contributed by atoms with Gasteiger partial charge >= 0.3 is 0 Å². The number of carbonyl (C=O) groups excluding carboxylic acids is 1. The third kappa shape index (κ3) is 3.59. The Labute approximate surface area is 146 Å². The summed E-state index contributed by atoms with van der Waals surface area (Å²) in [5, 5.41) is 0.513. The fourth-order valence-corrected chi connectivity index (χ4v) is 3.75. The number of carbonyl (C=O) groups is 1. The van der Waals surface area contributed by atoms with E-state index in [0.717, 1.165) is 31.8 Å². The van der Waals surface area contributed by atoms with Gasteiger partial charge in [-0.2, -0.15) is 0 Å². The van der Waals surface area contributed by atoms with E-state index in [9.17, 15) is 9.59 Å². The number of benzene rings is 1. The summed E-state index contributed by atoms with van der Waals surface area (Å²) in [6.07, 6.45) is 5.80. The van der Waals surface area contributed by atoms with Gasteiger partial charge in [0.15, 0.2) is 4.77 Å². The molecule has 1 aromatic heterocycles. The molecule has 128 valence electrons. The van der Waals surface area contributed by atoms with Crippen molar-refractivity contribution >= 4 is 29.0 Å². The maximum atomic E-state index is 12.8. The first-order valence-corrected chi connectivity index (χ1v) is 9.05. The number of aromatic amines is 2. The van der Waals surface area contributed by atoms with Crippen molar-refractivity contribution in [1.82, 2.24) is 14.9 Å². The maximum absolute atomic E-state index is 12.8. The lowest BCUT2D eigenvalue weighted by molar-refractivity contribution is 0.0760. The second kappa shape index (κ2) is 7.30. The Morgan fingerprint density at radius 1 is 1.29 bits per heavy atom. The van der Waals surface area contributed by atoms with Gasteiger partial charge in [0.1, 0.15) is 0 Å². The fourth-order valence-electron chi connectivity index (χ4n) is 3.55. The van der Waals surface area contributed by atoms with Crippen LogP contribution in [0, 0.1) is 10.7 Å². The van der Waals surface area contributed by atoms with Crippen LogP contribution in [-0.2, 0) is 0 Å². The van der Waals surface area contributed by atoms with Crippen molar-refractivity contribution in [3.63, 3.8) is 0 Å². The maximum Gasteiger partial charge on any atom is 0.259 e. The second-order valence-corrected chi connectivity index (χ2v) is 6.95. The van der Waals surface area contributed by atoms with E-state index in [-0.39, 0.29) is 16.2 Å². The monoisotopic (exact) mass is 345 g/mol. The lowest BCUT2D eigenvalue weighted by Crippen LogP contribution is -2.32. The van der Waals surface area contributed by atoms with Crippen LogP contribution in [0.25, 0.3) is 10.9 Å². The SMILES string of the molecule is CCC[C@@H]1CCCN(C(=O)c2ccc3c(=O)[nH]c(=S)[nH]c3c2)CC1. The largest absolute Gasteiger partial charge is 0.339 e. The van der Waals surface area contributed by atoms with Gasteiger partial charge in [0.25, 0.3) is 11.5 Å². The molecule has 1 fully saturated rings. The smallest absolute Gasteiger partial charge is 0.259 e. The van der Waals surface area contributed by atoms with Crippen molar-refractivity contribution < 1.29 is 4.79 Å². The van der Waals surface area contributed by atoms with E-state index in [1.807, 2.05) is 4.90 Å². The van der Waals surface area contributed by atoms with E-state index in [1.165, 1.54) is 19.3 Å². The molecule has 6 heteroatoms. The number of aromatic nitrogens is 2. The Kier molecular flexibility index (Phi) is 5.14. The van der Waals surface area contributed by atoms with Crippen LogP contribution in [0.4, 0.5) is 0 Å². The van der Waals surface area contributed by atoms with Crippen LogP contribution in [-0.4, -0.2) is 33.9 Å². The average molecular weight is 345 g/mol. The van der Waals surface area contributed by atoms with Crippen LogP contribution in [0.3, 0.4) is 0 Å². The van der Waals surface area contributed by atoms with E-state index in [1.54, 1.807) is 18.2 Å². The minimum Gasteiger partial charge on any atom is -0.339 e.